The smallest absolute Gasteiger partial charge is 0.220 e. The number of rotatable bonds is 3. The number of hydrogen-bond donors (Lipinski definition) is 3. The van der Waals surface area contributed by atoms with Crippen LogP contribution in [0.4, 0.5) is 11.6 Å². The Morgan fingerprint density at radius 1 is 1.30 bits per heavy atom. The first-order chi connectivity index (χ1) is 9.38. The van der Waals surface area contributed by atoms with Gasteiger partial charge in [-0.2, -0.15) is 0 Å². The van der Waals surface area contributed by atoms with E-state index in [4.69, 9.17) is 0 Å². The minimum absolute atomic E-state index is 0.107. The van der Waals surface area contributed by atoms with Crippen LogP contribution in [-0.2, 0) is 10.2 Å². The van der Waals surface area contributed by atoms with E-state index in [0.717, 1.165) is 23.9 Å². The molecule has 0 bridgehead atoms. The summed E-state index contributed by atoms with van der Waals surface area (Å²) in [5.74, 6) is 2.52. The van der Waals surface area contributed by atoms with Crippen LogP contribution in [-0.4, -0.2) is 35.5 Å². The molecule has 6 nitrogen and oxygen atoms in total. The second-order valence-corrected chi connectivity index (χ2v) is 6.15. The van der Waals surface area contributed by atoms with Gasteiger partial charge in [0.1, 0.15) is 17.5 Å². The molecule has 1 fully saturated rings. The second-order valence-electron chi connectivity index (χ2n) is 6.15. The van der Waals surface area contributed by atoms with Crippen molar-refractivity contribution in [2.45, 2.75) is 45.1 Å². The minimum Gasteiger partial charge on any atom is -0.373 e. The summed E-state index contributed by atoms with van der Waals surface area (Å²) in [4.78, 5) is 20.3. The third-order valence-corrected chi connectivity index (χ3v) is 3.27. The van der Waals surface area contributed by atoms with Gasteiger partial charge in [-0.15, -0.1) is 0 Å². The minimum atomic E-state index is -0.107. The zero-order chi connectivity index (χ0) is 14.8. The average molecular weight is 277 g/mol. The molecule has 0 aromatic carbocycles. The third kappa shape index (κ3) is 3.59. The monoisotopic (exact) mass is 277 g/mol. The number of nitrogens with zero attached hydrogens (tertiary/aromatic N) is 2. The van der Waals surface area contributed by atoms with E-state index in [2.05, 4.69) is 46.7 Å². The molecule has 1 aromatic heterocycles. The van der Waals surface area contributed by atoms with Crippen molar-refractivity contribution in [3.05, 3.63) is 11.9 Å². The van der Waals surface area contributed by atoms with Gasteiger partial charge < -0.3 is 16.0 Å². The Morgan fingerprint density at radius 3 is 2.55 bits per heavy atom. The summed E-state index contributed by atoms with van der Waals surface area (Å²) < 4.78 is 0. The number of aromatic nitrogens is 2. The summed E-state index contributed by atoms with van der Waals surface area (Å²) in [6.45, 7) is 6.91. The molecular formula is C14H23N5O. The highest BCUT2D eigenvalue weighted by molar-refractivity contribution is 5.77. The van der Waals surface area contributed by atoms with Crippen LogP contribution in [0.15, 0.2) is 6.07 Å². The fourth-order valence-electron chi connectivity index (χ4n) is 2.05. The molecule has 1 unspecified atom stereocenters. The first-order valence-electron chi connectivity index (χ1n) is 6.99. The van der Waals surface area contributed by atoms with Gasteiger partial charge in [0.2, 0.25) is 5.91 Å². The van der Waals surface area contributed by atoms with Gasteiger partial charge in [0.15, 0.2) is 0 Å². The van der Waals surface area contributed by atoms with Crippen LogP contribution >= 0.6 is 0 Å². The Labute approximate surface area is 119 Å². The van der Waals surface area contributed by atoms with Gasteiger partial charge in [-0.25, -0.2) is 9.97 Å². The Bertz CT molecular complexity index is 485. The average Bonchev–Trinajstić information content (AvgIpc) is 2.40. The fourth-order valence-corrected chi connectivity index (χ4v) is 2.05. The number of carbonyl (C=O) groups is 1. The van der Waals surface area contributed by atoms with Crippen molar-refractivity contribution in [3.63, 3.8) is 0 Å². The highest BCUT2D eigenvalue weighted by Gasteiger charge is 2.21. The lowest BCUT2D eigenvalue weighted by atomic mass is 9.96. The molecular weight excluding hydrogens is 254 g/mol. The van der Waals surface area contributed by atoms with E-state index in [1.54, 1.807) is 0 Å². The van der Waals surface area contributed by atoms with Crippen molar-refractivity contribution >= 4 is 17.5 Å². The quantitative estimate of drug-likeness (QED) is 0.780. The van der Waals surface area contributed by atoms with Gasteiger partial charge in [0.25, 0.3) is 0 Å². The topological polar surface area (TPSA) is 78.9 Å². The Hall–Kier alpha value is -1.85. The molecule has 1 aromatic rings. The van der Waals surface area contributed by atoms with Gasteiger partial charge >= 0.3 is 0 Å². The first kappa shape index (κ1) is 14.6. The van der Waals surface area contributed by atoms with E-state index in [0.29, 0.717) is 13.0 Å². The molecule has 1 amide bonds. The van der Waals surface area contributed by atoms with E-state index in [1.807, 2.05) is 13.1 Å². The highest BCUT2D eigenvalue weighted by atomic mass is 16.1. The van der Waals surface area contributed by atoms with Gasteiger partial charge in [0.05, 0.1) is 0 Å². The maximum atomic E-state index is 11.2. The zero-order valence-corrected chi connectivity index (χ0v) is 12.6. The highest BCUT2D eigenvalue weighted by Crippen LogP contribution is 2.23. The number of amides is 1. The zero-order valence-electron chi connectivity index (χ0n) is 12.6. The predicted molar refractivity (Wildman–Crippen MR) is 79.9 cm³/mol. The standard InChI is InChI=1S/C14H23N5O/c1-14(2,3)13-18-10(15-4)7-11(19-13)17-9-5-6-12(20)16-8-9/h7,9H,5-6,8H2,1-4H3,(H,16,20)(H2,15,17,18,19). The van der Waals surface area contributed by atoms with Gasteiger partial charge in [-0.05, 0) is 6.42 Å². The lowest BCUT2D eigenvalue weighted by Crippen LogP contribution is -2.42. The van der Waals surface area contributed by atoms with Crippen LogP contribution in [0, 0.1) is 0 Å². The van der Waals surface area contributed by atoms with E-state index in [1.165, 1.54) is 0 Å². The lowest BCUT2D eigenvalue weighted by molar-refractivity contribution is -0.122. The fraction of sp³-hybridized carbons (Fsp3) is 0.643. The van der Waals surface area contributed by atoms with E-state index in [-0.39, 0.29) is 17.4 Å². The summed E-state index contributed by atoms with van der Waals surface area (Å²) in [6.07, 6.45) is 1.39. The molecule has 2 rings (SSSR count). The molecule has 1 saturated heterocycles. The van der Waals surface area contributed by atoms with Crippen LogP contribution in [0.25, 0.3) is 0 Å². The summed E-state index contributed by atoms with van der Waals surface area (Å²) in [6, 6.07) is 2.12. The Morgan fingerprint density at radius 2 is 2.00 bits per heavy atom. The molecule has 20 heavy (non-hydrogen) atoms. The molecule has 0 spiro atoms. The van der Waals surface area contributed by atoms with E-state index in [9.17, 15) is 4.79 Å². The largest absolute Gasteiger partial charge is 0.373 e. The van der Waals surface area contributed by atoms with Crippen LogP contribution < -0.4 is 16.0 Å². The lowest BCUT2D eigenvalue weighted by Gasteiger charge is -2.25. The van der Waals surface area contributed by atoms with Crippen molar-refractivity contribution in [2.24, 2.45) is 0 Å². The second kappa shape index (κ2) is 5.64. The summed E-state index contributed by atoms with van der Waals surface area (Å²) >= 11 is 0. The van der Waals surface area contributed by atoms with Crippen molar-refractivity contribution < 1.29 is 4.79 Å². The molecule has 1 aliphatic rings. The molecule has 0 saturated carbocycles. The molecule has 0 radical (unpaired) electrons. The molecule has 6 heteroatoms. The maximum absolute atomic E-state index is 11.2. The van der Waals surface area contributed by atoms with Crippen molar-refractivity contribution in [1.29, 1.82) is 0 Å². The van der Waals surface area contributed by atoms with Crippen molar-refractivity contribution in [3.8, 4) is 0 Å². The number of hydrogen-bond acceptors (Lipinski definition) is 5. The van der Waals surface area contributed by atoms with Gasteiger partial charge in [-0.3, -0.25) is 4.79 Å². The molecule has 3 N–H and O–H groups in total. The summed E-state index contributed by atoms with van der Waals surface area (Å²) in [5.41, 5.74) is -0.107. The first-order valence-corrected chi connectivity index (χ1v) is 6.99. The van der Waals surface area contributed by atoms with Crippen LogP contribution in [0.1, 0.15) is 39.4 Å². The number of anilines is 2. The Kier molecular flexibility index (Phi) is 4.11. The van der Waals surface area contributed by atoms with Gasteiger partial charge in [-0.1, -0.05) is 20.8 Å². The number of nitrogens with one attached hydrogen (secondary N) is 3. The third-order valence-electron chi connectivity index (χ3n) is 3.27. The number of carbonyl (C=O) groups excluding carboxylic acids is 1. The molecule has 110 valence electrons. The van der Waals surface area contributed by atoms with E-state index < -0.39 is 0 Å². The summed E-state index contributed by atoms with van der Waals surface area (Å²) in [5, 5.41) is 9.31. The molecule has 2 heterocycles. The summed E-state index contributed by atoms with van der Waals surface area (Å²) in [7, 11) is 1.85. The Balaban J connectivity index is 2.16. The maximum Gasteiger partial charge on any atom is 0.220 e. The van der Waals surface area contributed by atoms with Crippen molar-refractivity contribution in [2.75, 3.05) is 24.2 Å². The number of piperidine rings is 1. The predicted octanol–water partition coefficient (Wildman–Crippen LogP) is 1.51. The molecule has 0 aliphatic carbocycles. The van der Waals surface area contributed by atoms with Gasteiger partial charge in [0, 0.05) is 37.5 Å². The van der Waals surface area contributed by atoms with E-state index >= 15 is 0 Å². The molecule has 1 atom stereocenters. The van der Waals surface area contributed by atoms with Crippen molar-refractivity contribution in [1.82, 2.24) is 15.3 Å². The van der Waals surface area contributed by atoms with Crippen LogP contribution in [0.5, 0.6) is 0 Å². The van der Waals surface area contributed by atoms with Crippen LogP contribution in [0.2, 0.25) is 0 Å². The van der Waals surface area contributed by atoms with Crippen LogP contribution in [0.3, 0.4) is 0 Å². The molecule has 1 aliphatic heterocycles. The SMILES string of the molecule is CNc1cc(NC2CCC(=O)NC2)nc(C(C)(C)C)n1. The normalized spacial score (nSPS) is 19.4.